The van der Waals surface area contributed by atoms with Gasteiger partial charge in [0.2, 0.25) is 0 Å². The maximum absolute atomic E-state index is 11.5. The molecule has 140 valence electrons. The molecule has 0 radical (unpaired) electrons. The predicted molar refractivity (Wildman–Crippen MR) is 92.0 cm³/mol. The first-order valence-electron chi connectivity index (χ1n) is 8.36. The number of carbonyl (C=O) groups excluding carboxylic acids is 1. The summed E-state index contributed by atoms with van der Waals surface area (Å²) in [7, 11) is 0. The summed E-state index contributed by atoms with van der Waals surface area (Å²) >= 11 is 0. The van der Waals surface area contributed by atoms with E-state index in [1.807, 2.05) is 52.0 Å². The van der Waals surface area contributed by atoms with E-state index in [1.165, 1.54) is 0 Å². The summed E-state index contributed by atoms with van der Waals surface area (Å²) < 4.78 is 27.3. The fourth-order valence-corrected chi connectivity index (χ4v) is 2.12. The van der Waals surface area contributed by atoms with Crippen LogP contribution in [0.2, 0.25) is 0 Å². The predicted octanol–water partition coefficient (Wildman–Crippen LogP) is 2.73. The first-order valence-corrected chi connectivity index (χ1v) is 8.36. The van der Waals surface area contributed by atoms with E-state index >= 15 is 0 Å². The lowest BCUT2D eigenvalue weighted by molar-refractivity contribution is -0.162. The molecule has 0 saturated carbocycles. The molecule has 0 atom stereocenters. The van der Waals surface area contributed by atoms with E-state index in [9.17, 15) is 4.79 Å². The normalized spacial score (nSPS) is 16.3. The highest BCUT2D eigenvalue weighted by atomic mass is 16.7. The van der Waals surface area contributed by atoms with E-state index in [0.717, 1.165) is 0 Å². The van der Waals surface area contributed by atoms with Crippen LogP contribution in [0.4, 0.5) is 4.79 Å². The summed E-state index contributed by atoms with van der Waals surface area (Å²) in [4.78, 5) is 11.5. The average Bonchev–Trinajstić information content (AvgIpc) is 2.96. The van der Waals surface area contributed by atoms with Crippen LogP contribution in [0.25, 0.3) is 0 Å². The molecule has 1 amide bonds. The Balaban J connectivity index is 1.65. The van der Waals surface area contributed by atoms with Gasteiger partial charge >= 0.3 is 6.09 Å². The molecule has 1 aromatic rings. The zero-order valence-electron chi connectivity index (χ0n) is 15.3. The molecular weight excluding hydrogens is 326 g/mol. The number of ether oxygens (including phenoxy) is 5. The van der Waals surface area contributed by atoms with E-state index in [0.29, 0.717) is 44.5 Å². The summed E-state index contributed by atoms with van der Waals surface area (Å²) in [6.45, 7) is 9.52. The van der Waals surface area contributed by atoms with Crippen LogP contribution in [0.3, 0.4) is 0 Å². The summed E-state index contributed by atoms with van der Waals surface area (Å²) in [5, 5.41) is 2.64. The van der Waals surface area contributed by atoms with Crippen LogP contribution >= 0.6 is 0 Å². The molecule has 0 aromatic heterocycles. The maximum Gasteiger partial charge on any atom is 0.407 e. The Morgan fingerprint density at radius 3 is 2.24 bits per heavy atom. The zero-order valence-corrected chi connectivity index (χ0v) is 15.3. The molecule has 7 heteroatoms. The van der Waals surface area contributed by atoms with Crippen molar-refractivity contribution in [2.75, 3.05) is 33.0 Å². The molecule has 0 bridgehead atoms. The number of carbonyl (C=O) groups is 1. The first-order chi connectivity index (χ1) is 11.8. The topological polar surface area (TPSA) is 75.3 Å². The molecule has 1 heterocycles. The van der Waals surface area contributed by atoms with E-state index < -0.39 is 17.5 Å². The van der Waals surface area contributed by atoms with Gasteiger partial charge in [0.1, 0.15) is 30.3 Å². The minimum Gasteiger partial charge on any atom is -0.492 e. The summed E-state index contributed by atoms with van der Waals surface area (Å²) in [6, 6.07) is 7.24. The number of hydrogen-bond donors (Lipinski definition) is 1. The van der Waals surface area contributed by atoms with Crippen molar-refractivity contribution in [2.45, 2.75) is 39.1 Å². The zero-order chi connectivity index (χ0) is 18.3. The van der Waals surface area contributed by atoms with Crippen LogP contribution in [-0.4, -0.2) is 50.5 Å². The molecule has 1 saturated heterocycles. The molecule has 1 aliphatic rings. The Morgan fingerprint density at radius 1 is 1.12 bits per heavy atom. The fraction of sp³-hybridized carbons (Fsp3) is 0.611. The van der Waals surface area contributed by atoms with Crippen LogP contribution < -0.4 is 14.8 Å². The monoisotopic (exact) mass is 353 g/mol. The largest absolute Gasteiger partial charge is 0.492 e. The molecule has 0 spiro atoms. The van der Waals surface area contributed by atoms with Crippen LogP contribution in [0, 0.1) is 0 Å². The van der Waals surface area contributed by atoms with Crippen molar-refractivity contribution in [1.82, 2.24) is 5.32 Å². The van der Waals surface area contributed by atoms with Gasteiger partial charge in [0.05, 0.1) is 19.8 Å². The second-order valence-corrected chi connectivity index (χ2v) is 6.87. The second kappa shape index (κ2) is 8.40. The van der Waals surface area contributed by atoms with Crippen molar-refractivity contribution in [2.24, 2.45) is 0 Å². The fourth-order valence-electron chi connectivity index (χ4n) is 2.12. The standard InChI is InChI=1S/C18H27NO6/c1-17(2,3)25-16(20)19-9-10-21-14-5-7-15(8-6-14)22-13-18(4)23-11-12-24-18/h5-8H,9-13H2,1-4H3,(H,19,20). The summed E-state index contributed by atoms with van der Waals surface area (Å²) in [5.41, 5.74) is -0.508. The molecule has 1 fully saturated rings. The van der Waals surface area contributed by atoms with Crippen molar-refractivity contribution in [3.8, 4) is 11.5 Å². The highest BCUT2D eigenvalue weighted by molar-refractivity contribution is 5.67. The minimum atomic E-state index is -0.678. The molecule has 0 aliphatic carbocycles. The molecule has 1 aliphatic heterocycles. The highest BCUT2D eigenvalue weighted by Crippen LogP contribution is 2.22. The Bertz CT molecular complexity index is 546. The van der Waals surface area contributed by atoms with Crippen molar-refractivity contribution >= 4 is 6.09 Å². The molecular formula is C18H27NO6. The van der Waals surface area contributed by atoms with Crippen molar-refractivity contribution in [1.29, 1.82) is 0 Å². The van der Waals surface area contributed by atoms with Crippen LogP contribution in [-0.2, 0) is 14.2 Å². The van der Waals surface area contributed by atoms with Gasteiger partial charge in [-0.1, -0.05) is 0 Å². The van der Waals surface area contributed by atoms with E-state index in [-0.39, 0.29) is 0 Å². The number of nitrogens with one attached hydrogen (secondary N) is 1. The van der Waals surface area contributed by atoms with Gasteiger partial charge in [0, 0.05) is 0 Å². The summed E-state index contributed by atoms with van der Waals surface area (Å²) in [5.74, 6) is 0.722. The lowest BCUT2D eigenvalue weighted by Crippen LogP contribution is -2.34. The minimum absolute atomic E-state index is 0.326. The van der Waals surface area contributed by atoms with E-state index in [2.05, 4.69) is 5.32 Å². The van der Waals surface area contributed by atoms with Crippen LogP contribution in [0.5, 0.6) is 11.5 Å². The first kappa shape index (κ1) is 19.3. The summed E-state index contributed by atoms with van der Waals surface area (Å²) in [6.07, 6.45) is -0.454. The van der Waals surface area contributed by atoms with Crippen molar-refractivity contribution < 1.29 is 28.5 Å². The Morgan fingerprint density at radius 2 is 1.68 bits per heavy atom. The van der Waals surface area contributed by atoms with Gasteiger partial charge in [0.15, 0.2) is 5.79 Å². The third-order valence-electron chi connectivity index (χ3n) is 3.26. The lowest BCUT2D eigenvalue weighted by Gasteiger charge is -2.22. The Hall–Kier alpha value is -1.99. The number of benzene rings is 1. The molecule has 0 unspecified atom stereocenters. The highest BCUT2D eigenvalue weighted by Gasteiger charge is 2.31. The van der Waals surface area contributed by atoms with Gasteiger partial charge in [-0.05, 0) is 52.0 Å². The van der Waals surface area contributed by atoms with Gasteiger partial charge in [-0.25, -0.2) is 4.79 Å². The van der Waals surface area contributed by atoms with Crippen molar-refractivity contribution in [3.63, 3.8) is 0 Å². The van der Waals surface area contributed by atoms with E-state index in [4.69, 9.17) is 23.7 Å². The van der Waals surface area contributed by atoms with E-state index in [1.54, 1.807) is 0 Å². The molecule has 25 heavy (non-hydrogen) atoms. The quantitative estimate of drug-likeness (QED) is 0.760. The Labute approximate surface area is 148 Å². The second-order valence-electron chi connectivity index (χ2n) is 6.87. The van der Waals surface area contributed by atoms with Crippen LogP contribution in [0.1, 0.15) is 27.7 Å². The number of alkyl carbamates (subject to hydrolysis) is 1. The van der Waals surface area contributed by atoms with Crippen molar-refractivity contribution in [3.05, 3.63) is 24.3 Å². The third-order valence-corrected chi connectivity index (χ3v) is 3.26. The van der Waals surface area contributed by atoms with Gasteiger partial charge in [-0.2, -0.15) is 0 Å². The Kier molecular flexibility index (Phi) is 6.50. The van der Waals surface area contributed by atoms with Crippen LogP contribution in [0.15, 0.2) is 24.3 Å². The molecule has 1 aromatic carbocycles. The van der Waals surface area contributed by atoms with Gasteiger partial charge in [-0.15, -0.1) is 0 Å². The molecule has 7 nitrogen and oxygen atoms in total. The number of rotatable bonds is 7. The maximum atomic E-state index is 11.5. The smallest absolute Gasteiger partial charge is 0.407 e. The van der Waals surface area contributed by atoms with Gasteiger partial charge in [0.25, 0.3) is 0 Å². The van der Waals surface area contributed by atoms with Gasteiger partial charge < -0.3 is 29.0 Å². The van der Waals surface area contributed by atoms with Gasteiger partial charge in [-0.3, -0.25) is 0 Å². The lowest BCUT2D eigenvalue weighted by atomic mass is 10.2. The SMILES string of the molecule is CC(C)(C)OC(=O)NCCOc1ccc(OCC2(C)OCCO2)cc1. The average molecular weight is 353 g/mol. The number of amides is 1. The molecule has 2 rings (SSSR count). The molecule has 1 N–H and O–H groups in total. The number of hydrogen-bond acceptors (Lipinski definition) is 6. The third kappa shape index (κ3) is 7.19.